The Kier molecular flexibility index (Phi) is 18.3. The van der Waals surface area contributed by atoms with Crippen molar-refractivity contribution >= 4 is 26.5 Å². The number of hydrogen-bond acceptors (Lipinski definition) is 11. The summed E-state index contributed by atoms with van der Waals surface area (Å²) in [6.45, 7) is 16.2. The standard InChI is InChI=1S/C46H59N6O10P/c1-31(2)52(32(3)4)63(60-27-25-47-6)62-40-28-43(61-33(40)5)51-29-34(44(55)50-45(51)56)16-15-24-49-42(54)22-21-41(53)48-23-13-7-8-14-26-58-46(57)59-30-39-37-19-11-9-17-35(37)36-18-10-12-20-38(36)39/h9-12,17-20,29,31-33,39-40,43H,7-8,13-14,21-28,30H2,1-5H3,(H,48,53)(H,49,54)(H,50,55,56)/i5D. The minimum atomic E-state index is -1.62. The van der Waals surface area contributed by atoms with Crippen LogP contribution in [0, 0.1) is 18.4 Å². The number of unbranched alkanes of at least 4 members (excludes halogenated alkanes) is 3. The third-order valence-corrected chi connectivity index (χ3v) is 12.6. The van der Waals surface area contributed by atoms with Gasteiger partial charge in [-0.15, -0.1) is 0 Å². The average Bonchev–Trinajstić information content (AvgIpc) is 3.83. The number of nitrogens with zero attached hydrogens (tertiary/aromatic N) is 3. The Hall–Kier alpha value is -5.35. The molecule has 0 saturated carbocycles. The van der Waals surface area contributed by atoms with Gasteiger partial charge in [0.15, 0.2) is 0 Å². The van der Waals surface area contributed by atoms with Crippen LogP contribution >= 0.6 is 8.53 Å². The number of nitrogens with one attached hydrogen (secondary N) is 3. The summed E-state index contributed by atoms with van der Waals surface area (Å²) in [7, 11) is -1.62. The highest BCUT2D eigenvalue weighted by Gasteiger charge is 2.39. The first kappa shape index (κ1) is 47.1. The van der Waals surface area contributed by atoms with Gasteiger partial charge in [0.05, 0.1) is 25.4 Å². The lowest BCUT2D eigenvalue weighted by Crippen LogP contribution is -2.35. The molecule has 2 heterocycles. The third kappa shape index (κ3) is 14.1. The molecule has 1 saturated heterocycles. The zero-order valence-corrected chi connectivity index (χ0v) is 37.3. The molecular formula is C46H59N6O10P. The molecule has 3 aromatic rings. The van der Waals surface area contributed by atoms with Crippen molar-refractivity contribution in [2.45, 2.75) is 116 Å². The summed E-state index contributed by atoms with van der Waals surface area (Å²) >= 11 is 0. The van der Waals surface area contributed by atoms with Crippen LogP contribution in [0.1, 0.15) is 110 Å². The number of carbonyl (C=O) groups excluding carboxylic acids is 3. The lowest BCUT2D eigenvalue weighted by molar-refractivity contribution is -0.126. The van der Waals surface area contributed by atoms with E-state index in [0.29, 0.717) is 13.0 Å². The predicted octanol–water partition coefficient (Wildman–Crippen LogP) is 6.40. The molecule has 63 heavy (non-hydrogen) atoms. The van der Waals surface area contributed by atoms with Crippen molar-refractivity contribution in [3.63, 3.8) is 0 Å². The first-order valence-corrected chi connectivity index (χ1v) is 22.6. The van der Waals surface area contributed by atoms with Gasteiger partial charge >= 0.3 is 11.8 Å². The molecule has 1 fully saturated rings. The van der Waals surface area contributed by atoms with Crippen LogP contribution in [-0.2, 0) is 32.8 Å². The molecule has 16 nitrogen and oxygen atoms in total. The second-order valence-electron chi connectivity index (χ2n) is 15.7. The molecule has 2 amide bonds. The van der Waals surface area contributed by atoms with Crippen LogP contribution in [0.25, 0.3) is 16.0 Å². The summed E-state index contributed by atoms with van der Waals surface area (Å²) in [5.41, 5.74) is 3.15. The van der Waals surface area contributed by atoms with Crippen LogP contribution in [0.4, 0.5) is 4.79 Å². The molecule has 0 bridgehead atoms. The van der Waals surface area contributed by atoms with Gasteiger partial charge in [0.25, 0.3) is 14.1 Å². The monoisotopic (exact) mass is 887 g/mol. The summed E-state index contributed by atoms with van der Waals surface area (Å²) in [6, 6.07) is 16.4. The topological polar surface area (TPSA) is 184 Å². The van der Waals surface area contributed by atoms with Crippen molar-refractivity contribution in [2.24, 2.45) is 0 Å². The molecule has 1 aliphatic heterocycles. The largest absolute Gasteiger partial charge is 0.508 e. The van der Waals surface area contributed by atoms with E-state index in [2.05, 4.69) is 61.2 Å². The maximum absolute atomic E-state index is 12.9. The van der Waals surface area contributed by atoms with Gasteiger partial charge < -0.3 is 38.7 Å². The number of fused-ring (bicyclic) bond motifs is 3. The molecule has 5 rings (SSSR count). The predicted molar refractivity (Wildman–Crippen MR) is 238 cm³/mol. The van der Waals surface area contributed by atoms with Gasteiger partial charge in [0, 0.05) is 51.4 Å². The third-order valence-electron chi connectivity index (χ3n) is 10.5. The van der Waals surface area contributed by atoms with Gasteiger partial charge in [0.2, 0.25) is 18.4 Å². The molecule has 1 aliphatic carbocycles. The minimum Gasteiger partial charge on any atom is -0.434 e. The Morgan fingerprint density at radius 1 is 0.968 bits per heavy atom. The van der Waals surface area contributed by atoms with Crippen LogP contribution in [0.2, 0.25) is 0 Å². The van der Waals surface area contributed by atoms with Gasteiger partial charge in [-0.1, -0.05) is 66.8 Å². The van der Waals surface area contributed by atoms with E-state index in [9.17, 15) is 24.0 Å². The molecule has 2 aliphatic rings. The van der Waals surface area contributed by atoms with Crippen molar-refractivity contribution < 1.29 is 39.0 Å². The number of aromatic amines is 1. The Bertz CT molecular complexity index is 2220. The van der Waals surface area contributed by atoms with Crippen molar-refractivity contribution in [1.82, 2.24) is 24.9 Å². The van der Waals surface area contributed by atoms with Crippen molar-refractivity contribution in [1.29, 1.82) is 0 Å². The summed E-state index contributed by atoms with van der Waals surface area (Å²) in [4.78, 5) is 68.2. The number of hydrogen-bond donors (Lipinski definition) is 3. The number of carbonyl (C=O) groups is 3. The van der Waals surface area contributed by atoms with Crippen molar-refractivity contribution in [2.75, 3.05) is 39.5 Å². The highest BCUT2D eigenvalue weighted by molar-refractivity contribution is 7.44. The Morgan fingerprint density at radius 3 is 2.30 bits per heavy atom. The maximum atomic E-state index is 12.9. The molecule has 4 atom stereocenters. The molecule has 0 radical (unpaired) electrons. The second kappa shape index (κ2) is 24.5. The van der Waals surface area contributed by atoms with Gasteiger partial charge in [0.1, 0.15) is 25.0 Å². The summed E-state index contributed by atoms with van der Waals surface area (Å²) in [5.74, 6) is 4.73. The van der Waals surface area contributed by atoms with Crippen molar-refractivity contribution in [3.05, 3.63) is 104 Å². The number of amides is 2. The SMILES string of the molecule is [2H]CC1OC(n2cc(C#CCNC(=O)CCC(=O)NCCCCCCOC(=O)OCC3c4ccccc4-c4ccccc43)c(=O)[nH]c2=O)CC1OP(OCC[N+]#[C-])N(C(C)C)C(C)C. The van der Waals surface area contributed by atoms with Gasteiger partial charge in [-0.25, -0.2) is 20.8 Å². The first-order valence-electron chi connectivity index (χ1n) is 22.1. The van der Waals surface area contributed by atoms with E-state index in [0.717, 1.165) is 41.5 Å². The second-order valence-corrected chi connectivity index (χ2v) is 17.1. The van der Waals surface area contributed by atoms with Crippen molar-refractivity contribution in [3.8, 4) is 23.0 Å². The lowest BCUT2D eigenvalue weighted by Gasteiger charge is -2.36. The number of benzene rings is 2. The number of rotatable bonds is 22. The average molecular weight is 888 g/mol. The summed E-state index contributed by atoms with van der Waals surface area (Å²) < 4.78 is 40.7. The normalized spacial score (nSPS) is 17.3. The highest BCUT2D eigenvalue weighted by atomic mass is 31.2. The molecule has 2 aromatic carbocycles. The van der Waals surface area contributed by atoms with Gasteiger partial charge in [-0.2, -0.15) is 0 Å². The molecular weight excluding hydrogens is 828 g/mol. The number of H-pyrrole nitrogens is 1. The molecule has 3 N–H and O–H groups in total. The first-order chi connectivity index (χ1) is 30.9. The fourth-order valence-corrected chi connectivity index (χ4v) is 9.21. The van der Waals surface area contributed by atoms with Gasteiger partial charge in [-0.05, 0) is 76.1 Å². The smallest absolute Gasteiger partial charge is 0.434 e. The molecule has 338 valence electrons. The number of ether oxygens (including phenoxy) is 3. The van der Waals surface area contributed by atoms with E-state index >= 15 is 0 Å². The van der Waals surface area contributed by atoms with E-state index in [1.807, 2.05) is 52.0 Å². The zero-order valence-electron chi connectivity index (χ0n) is 37.4. The van der Waals surface area contributed by atoms with Crippen LogP contribution in [0.15, 0.2) is 64.3 Å². The van der Waals surface area contributed by atoms with E-state index in [1.165, 1.54) is 10.8 Å². The minimum absolute atomic E-state index is 0.00865. The lowest BCUT2D eigenvalue weighted by atomic mass is 9.98. The summed E-state index contributed by atoms with van der Waals surface area (Å²) in [6.07, 6.45) is 1.62. The van der Waals surface area contributed by atoms with Crippen LogP contribution < -0.4 is 21.9 Å². The van der Waals surface area contributed by atoms with Crippen LogP contribution in [0.5, 0.6) is 0 Å². The quantitative estimate of drug-likeness (QED) is 0.0334. The molecule has 17 heteroatoms. The van der Waals surface area contributed by atoms with Crippen LogP contribution in [0.3, 0.4) is 0 Å². The van der Waals surface area contributed by atoms with Crippen LogP contribution in [-0.4, -0.2) is 95.9 Å². The maximum Gasteiger partial charge on any atom is 0.508 e. The Balaban J connectivity index is 0.961. The Morgan fingerprint density at radius 2 is 1.63 bits per heavy atom. The van der Waals surface area contributed by atoms with E-state index in [4.69, 9.17) is 31.2 Å². The fourth-order valence-electron chi connectivity index (χ4n) is 7.46. The van der Waals surface area contributed by atoms with E-state index in [-0.39, 0.29) is 88.5 Å². The Labute approximate surface area is 371 Å². The molecule has 0 spiro atoms. The fraction of sp³-hybridized carbons (Fsp3) is 0.522. The summed E-state index contributed by atoms with van der Waals surface area (Å²) in [5, 5.41) is 5.42. The van der Waals surface area contributed by atoms with Gasteiger partial charge in [-0.3, -0.25) is 23.9 Å². The molecule has 1 aromatic heterocycles. The molecule has 4 unspecified atom stereocenters. The van der Waals surface area contributed by atoms with E-state index in [1.54, 1.807) is 0 Å². The number of aromatic nitrogens is 2. The highest BCUT2D eigenvalue weighted by Crippen LogP contribution is 2.50. The van der Waals surface area contributed by atoms with E-state index < -0.39 is 50.3 Å². The zero-order chi connectivity index (χ0) is 46.0.